The van der Waals surface area contributed by atoms with E-state index < -0.39 is 0 Å². The van der Waals surface area contributed by atoms with Crippen LogP contribution in [-0.4, -0.2) is 12.1 Å². The van der Waals surface area contributed by atoms with Crippen LogP contribution in [0, 0.1) is 0 Å². The van der Waals surface area contributed by atoms with Gasteiger partial charge in [0.15, 0.2) is 0 Å². The number of hydrogen-bond acceptors (Lipinski definition) is 1. The SMILES string of the molecule is C[C@H]1C[C@]2(C)CC(Cc3ccccc32)N1. The summed E-state index contributed by atoms with van der Waals surface area (Å²) in [5.41, 5.74) is 3.59. The van der Waals surface area contributed by atoms with Crippen molar-refractivity contribution < 1.29 is 0 Å². The van der Waals surface area contributed by atoms with Crippen molar-refractivity contribution in [2.75, 3.05) is 0 Å². The van der Waals surface area contributed by atoms with Crippen LogP contribution in [0.3, 0.4) is 0 Å². The first-order valence-corrected chi connectivity index (χ1v) is 6.02. The van der Waals surface area contributed by atoms with Gasteiger partial charge in [0.1, 0.15) is 0 Å². The van der Waals surface area contributed by atoms with E-state index in [9.17, 15) is 0 Å². The van der Waals surface area contributed by atoms with E-state index in [0.29, 0.717) is 17.5 Å². The first-order valence-electron chi connectivity index (χ1n) is 6.02. The number of piperidine rings is 1. The predicted octanol–water partition coefficient (Wildman–Crippen LogP) is 2.64. The Morgan fingerprint density at radius 2 is 2.07 bits per heavy atom. The first kappa shape index (κ1) is 9.41. The topological polar surface area (TPSA) is 12.0 Å². The molecule has 0 saturated carbocycles. The fourth-order valence-electron chi connectivity index (χ4n) is 3.73. The first-order chi connectivity index (χ1) is 7.17. The molecule has 3 atom stereocenters. The van der Waals surface area contributed by atoms with Gasteiger partial charge in [0.05, 0.1) is 0 Å². The molecule has 2 bridgehead atoms. The smallest absolute Gasteiger partial charge is 0.0118 e. The summed E-state index contributed by atoms with van der Waals surface area (Å²) in [6.07, 6.45) is 3.81. The summed E-state index contributed by atoms with van der Waals surface area (Å²) in [6.45, 7) is 4.76. The van der Waals surface area contributed by atoms with Crippen LogP contribution >= 0.6 is 0 Å². The highest BCUT2D eigenvalue weighted by atomic mass is 15.0. The largest absolute Gasteiger partial charge is 0.311 e. The molecule has 15 heavy (non-hydrogen) atoms. The molecule has 80 valence electrons. The van der Waals surface area contributed by atoms with E-state index in [1.807, 2.05) is 0 Å². The van der Waals surface area contributed by atoms with Crippen molar-refractivity contribution in [3.05, 3.63) is 35.4 Å². The average Bonchev–Trinajstić information content (AvgIpc) is 2.15. The lowest BCUT2D eigenvalue weighted by Gasteiger charge is -2.47. The Bertz CT molecular complexity index is 385. The molecule has 0 spiro atoms. The fourth-order valence-corrected chi connectivity index (χ4v) is 3.73. The Balaban J connectivity index is 2.10. The Labute approximate surface area is 91.9 Å². The zero-order valence-corrected chi connectivity index (χ0v) is 9.59. The lowest BCUT2D eigenvalue weighted by atomic mass is 9.64. The van der Waals surface area contributed by atoms with Gasteiger partial charge in [-0.05, 0) is 42.7 Å². The summed E-state index contributed by atoms with van der Waals surface area (Å²) in [5, 5.41) is 3.71. The molecular formula is C14H19N. The zero-order valence-electron chi connectivity index (χ0n) is 9.59. The van der Waals surface area contributed by atoms with Crippen LogP contribution in [0.2, 0.25) is 0 Å². The highest BCUT2D eigenvalue weighted by Crippen LogP contribution is 2.43. The highest BCUT2D eigenvalue weighted by molar-refractivity contribution is 5.38. The molecule has 0 aromatic heterocycles. The maximum absolute atomic E-state index is 3.71. The molecule has 1 N–H and O–H groups in total. The van der Waals surface area contributed by atoms with E-state index >= 15 is 0 Å². The molecule has 3 rings (SSSR count). The van der Waals surface area contributed by atoms with Crippen LogP contribution in [0.15, 0.2) is 24.3 Å². The second-order valence-corrected chi connectivity index (χ2v) is 5.59. The van der Waals surface area contributed by atoms with Crippen molar-refractivity contribution in [2.24, 2.45) is 0 Å². The minimum Gasteiger partial charge on any atom is -0.311 e. The van der Waals surface area contributed by atoms with Crippen molar-refractivity contribution in [2.45, 2.75) is 50.6 Å². The summed E-state index contributed by atoms with van der Waals surface area (Å²) in [6, 6.07) is 10.4. The van der Waals surface area contributed by atoms with Crippen LogP contribution in [-0.2, 0) is 11.8 Å². The van der Waals surface area contributed by atoms with Gasteiger partial charge in [-0.15, -0.1) is 0 Å². The standard InChI is InChI=1S/C14H19N/c1-10-8-14(2)9-12(15-10)7-11-5-3-4-6-13(11)14/h3-6,10,12,15H,7-9H2,1-2H3/t10-,12?,14+/m0/s1. The summed E-state index contributed by atoms with van der Waals surface area (Å²) >= 11 is 0. The van der Waals surface area contributed by atoms with Crippen LogP contribution < -0.4 is 5.32 Å². The molecule has 0 radical (unpaired) electrons. The number of benzene rings is 1. The zero-order chi connectivity index (χ0) is 10.5. The Hall–Kier alpha value is -0.820. The van der Waals surface area contributed by atoms with E-state index in [0.717, 1.165) is 0 Å². The molecule has 0 amide bonds. The minimum absolute atomic E-state index is 0.421. The third-order valence-corrected chi connectivity index (χ3v) is 4.11. The van der Waals surface area contributed by atoms with Gasteiger partial charge in [0, 0.05) is 12.1 Å². The summed E-state index contributed by atoms with van der Waals surface area (Å²) < 4.78 is 0. The molecule has 1 aromatic rings. The molecule has 1 fully saturated rings. The van der Waals surface area contributed by atoms with Gasteiger partial charge < -0.3 is 5.32 Å². The molecule has 1 nitrogen and oxygen atoms in total. The van der Waals surface area contributed by atoms with E-state index in [1.54, 1.807) is 11.1 Å². The lowest BCUT2D eigenvalue weighted by molar-refractivity contribution is 0.207. The number of rotatable bonds is 0. The Kier molecular flexibility index (Phi) is 1.93. The lowest BCUT2D eigenvalue weighted by Crippen LogP contribution is -2.53. The molecule has 2 aliphatic rings. The quantitative estimate of drug-likeness (QED) is 0.680. The van der Waals surface area contributed by atoms with Crippen molar-refractivity contribution in [1.82, 2.24) is 5.32 Å². The number of nitrogens with one attached hydrogen (secondary N) is 1. The van der Waals surface area contributed by atoms with Crippen LogP contribution in [0.4, 0.5) is 0 Å². The second-order valence-electron chi connectivity index (χ2n) is 5.59. The van der Waals surface area contributed by atoms with E-state index in [2.05, 4.69) is 43.4 Å². The maximum Gasteiger partial charge on any atom is 0.0118 e. The molecule has 1 unspecified atom stereocenters. The molecule has 1 heterocycles. The number of fused-ring (bicyclic) bond motifs is 4. The molecule has 1 heteroatoms. The van der Waals surface area contributed by atoms with Gasteiger partial charge in [-0.2, -0.15) is 0 Å². The van der Waals surface area contributed by atoms with Crippen LogP contribution in [0.5, 0.6) is 0 Å². The van der Waals surface area contributed by atoms with Gasteiger partial charge >= 0.3 is 0 Å². The van der Waals surface area contributed by atoms with E-state index in [4.69, 9.17) is 0 Å². The Morgan fingerprint density at radius 3 is 2.93 bits per heavy atom. The van der Waals surface area contributed by atoms with Crippen LogP contribution in [0.25, 0.3) is 0 Å². The summed E-state index contributed by atoms with van der Waals surface area (Å²) in [7, 11) is 0. The van der Waals surface area contributed by atoms with Crippen molar-refractivity contribution in [3.8, 4) is 0 Å². The molecule has 1 saturated heterocycles. The fraction of sp³-hybridized carbons (Fsp3) is 0.571. The minimum atomic E-state index is 0.421. The molecule has 1 aliphatic heterocycles. The van der Waals surface area contributed by atoms with Gasteiger partial charge in [0.2, 0.25) is 0 Å². The van der Waals surface area contributed by atoms with Gasteiger partial charge in [0.25, 0.3) is 0 Å². The summed E-state index contributed by atoms with van der Waals surface area (Å²) in [5.74, 6) is 0. The Morgan fingerprint density at radius 1 is 1.27 bits per heavy atom. The van der Waals surface area contributed by atoms with E-state index in [-0.39, 0.29) is 0 Å². The molecule has 1 aliphatic carbocycles. The predicted molar refractivity (Wildman–Crippen MR) is 63.1 cm³/mol. The third kappa shape index (κ3) is 1.41. The van der Waals surface area contributed by atoms with E-state index in [1.165, 1.54) is 19.3 Å². The molecular weight excluding hydrogens is 182 g/mol. The summed E-state index contributed by atoms with van der Waals surface area (Å²) in [4.78, 5) is 0. The van der Waals surface area contributed by atoms with Crippen molar-refractivity contribution in [1.29, 1.82) is 0 Å². The second kappa shape index (κ2) is 3.08. The highest BCUT2D eigenvalue weighted by Gasteiger charge is 2.41. The molecule has 1 aromatic carbocycles. The normalized spacial score (nSPS) is 38.5. The number of hydrogen-bond donors (Lipinski definition) is 1. The monoisotopic (exact) mass is 201 g/mol. The third-order valence-electron chi connectivity index (χ3n) is 4.11. The maximum atomic E-state index is 3.71. The van der Waals surface area contributed by atoms with Gasteiger partial charge in [-0.3, -0.25) is 0 Å². The van der Waals surface area contributed by atoms with Crippen LogP contribution in [0.1, 0.15) is 37.8 Å². The van der Waals surface area contributed by atoms with Crippen molar-refractivity contribution in [3.63, 3.8) is 0 Å². The van der Waals surface area contributed by atoms with Gasteiger partial charge in [-0.1, -0.05) is 31.2 Å². The average molecular weight is 201 g/mol. The van der Waals surface area contributed by atoms with Gasteiger partial charge in [-0.25, -0.2) is 0 Å². The van der Waals surface area contributed by atoms with Crippen molar-refractivity contribution >= 4 is 0 Å².